The number of ether oxygens (including phenoxy) is 2. The van der Waals surface area contributed by atoms with Crippen LogP contribution in [0.4, 0.5) is 0 Å². The minimum atomic E-state index is -3.54. The molecular formula is C6H12BO5P. The highest BCUT2D eigenvalue weighted by molar-refractivity contribution is 7.51. The summed E-state index contributed by atoms with van der Waals surface area (Å²) in [7, 11) is 3.42. The zero-order valence-corrected chi connectivity index (χ0v) is 8.44. The van der Waals surface area contributed by atoms with E-state index in [1.54, 1.807) is 0 Å². The molecule has 1 N–H and O–H groups in total. The molecule has 0 bridgehead atoms. The normalized spacial score (nSPS) is 38.8. The van der Waals surface area contributed by atoms with Crippen LogP contribution in [0, 0.1) is 0 Å². The summed E-state index contributed by atoms with van der Waals surface area (Å²) in [6.07, 6.45) is -1.05. The molecular weight excluding hydrogens is 194 g/mol. The fourth-order valence-corrected chi connectivity index (χ4v) is 1.87. The third-order valence-corrected chi connectivity index (χ3v) is 2.40. The predicted molar refractivity (Wildman–Crippen MR) is 46.9 cm³/mol. The van der Waals surface area contributed by atoms with Crippen molar-refractivity contribution in [3.05, 3.63) is 0 Å². The van der Waals surface area contributed by atoms with Gasteiger partial charge in [-0.25, -0.2) is 0 Å². The SMILES string of the molecule is [B][C@@H]1OC[C@H](OC)C1OP(C)(=O)O. The van der Waals surface area contributed by atoms with Gasteiger partial charge in [-0.2, -0.15) is 0 Å². The van der Waals surface area contributed by atoms with Gasteiger partial charge < -0.3 is 18.9 Å². The molecule has 4 atom stereocenters. The Kier molecular flexibility index (Phi) is 3.54. The zero-order valence-electron chi connectivity index (χ0n) is 7.54. The van der Waals surface area contributed by atoms with Crippen molar-refractivity contribution in [2.24, 2.45) is 0 Å². The average molecular weight is 206 g/mol. The fourth-order valence-electron chi connectivity index (χ4n) is 1.16. The van der Waals surface area contributed by atoms with Crippen LogP contribution < -0.4 is 0 Å². The van der Waals surface area contributed by atoms with Gasteiger partial charge in [0.05, 0.1) is 6.61 Å². The summed E-state index contributed by atoms with van der Waals surface area (Å²) in [5.41, 5.74) is 0. The van der Waals surface area contributed by atoms with E-state index < -0.39 is 19.7 Å². The Bertz CT molecular complexity index is 217. The highest BCUT2D eigenvalue weighted by Crippen LogP contribution is 2.41. The lowest BCUT2D eigenvalue weighted by atomic mass is 9.94. The summed E-state index contributed by atoms with van der Waals surface area (Å²) in [6.45, 7) is 1.38. The molecule has 0 saturated carbocycles. The molecule has 5 nitrogen and oxygen atoms in total. The maximum atomic E-state index is 10.9. The van der Waals surface area contributed by atoms with Gasteiger partial charge >= 0.3 is 7.60 Å². The van der Waals surface area contributed by atoms with Crippen molar-refractivity contribution >= 4 is 15.4 Å². The van der Waals surface area contributed by atoms with E-state index in [-0.39, 0.29) is 12.7 Å². The first-order chi connectivity index (χ1) is 5.94. The Hall–Kier alpha value is 0.135. The van der Waals surface area contributed by atoms with Crippen LogP contribution in [0.2, 0.25) is 0 Å². The standard InChI is InChI=1S/C6H12BO5P/c1-10-4-3-11-6(7)5(4)12-13(2,8)9/h4-6H,3H2,1-2H3,(H,8,9)/t4-,5?,6+/m0/s1. The Morgan fingerprint density at radius 3 is 2.77 bits per heavy atom. The van der Waals surface area contributed by atoms with Gasteiger partial charge in [0, 0.05) is 19.8 Å². The molecule has 0 aromatic rings. The van der Waals surface area contributed by atoms with Gasteiger partial charge in [0.1, 0.15) is 20.1 Å². The van der Waals surface area contributed by atoms with Crippen LogP contribution in [0.1, 0.15) is 0 Å². The highest BCUT2D eigenvalue weighted by Gasteiger charge is 2.38. The topological polar surface area (TPSA) is 65.0 Å². The Morgan fingerprint density at radius 2 is 2.31 bits per heavy atom. The van der Waals surface area contributed by atoms with Crippen LogP contribution in [-0.2, 0) is 18.6 Å². The van der Waals surface area contributed by atoms with E-state index in [9.17, 15) is 4.57 Å². The zero-order chi connectivity index (χ0) is 10.1. The molecule has 1 fully saturated rings. The van der Waals surface area contributed by atoms with Gasteiger partial charge in [-0.3, -0.25) is 4.57 Å². The maximum Gasteiger partial charge on any atom is 0.325 e. The summed E-state index contributed by atoms with van der Waals surface area (Å²) in [5.74, 6) is 0. The second-order valence-corrected chi connectivity index (χ2v) is 4.76. The van der Waals surface area contributed by atoms with Crippen molar-refractivity contribution in [1.82, 2.24) is 0 Å². The maximum absolute atomic E-state index is 10.9. The van der Waals surface area contributed by atoms with Crippen molar-refractivity contribution in [2.45, 2.75) is 18.2 Å². The number of methoxy groups -OCH3 is 1. The largest absolute Gasteiger partial charge is 0.382 e. The monoisotopic (exact) mass is 206 g/mol. The molecule has 1 rings (SSSR count). The van der Waals surface area contributed by atoms with E-state index in [4.69, 9.17) is 26.7 Å². The molecule has 1 aliphatic rings. The lowest BCUT2D eigenvalue weighted by Gasteiger charge is -2.21. The molecule has 2 radical (unpaired) electrons. The van der Waals surface area contributed by atoms with Gasteiger partial charge in [-0.1, -0.05) is 0 Å². The molecule has 1 heterocycles. The average Bonchev–Trinajstić information content (AvgIpc) is 2.30. The van der Waals surface area contributed by atoms with Crippen LogP contribution in [0.25, 0.3) is 0 Å². The highest BCUT2D eigenvalue weighted by atomic mass is 31.2. The van der Waals surface area contributed by atoms with Crippen molar-refractivity contribution < 1.29 is 23.5 Å². The Morgan fingerprint density at radius 1 is 1.69 bits per heavy atom. The van der Waals surface area contributed by atoms with Crippen LogP contribution >= 0.6 is 7.60 Å². The van der Waals surface area contributed by atoms with Gasteiger partial charge in [-0.15, -0.1) is 0 Å². The summed E-state index contributed by atoms with van der Waals surface area (Å²) in [4.78, 5) is 8.98. The number of hydrogen-bond acceptors (Lipinski definition) is 4. The number of hydrogen-bond donors (Lipinski definition) is 1. The molecule has 0 aliphatic carbocycles. The molecule has 0 amide bonds. The molecule has 1 aliphatic heterocycles. The second-order valence-electron chi connectivity index (χ2n) is 2.95. The summed E-state index contributed by atoms with van der Waals surface area (Å²) in [6, 6.07) is -0.703. The van der Waals surface area contributed by atoms with Gasteiger partial charge in [0.2, 0.25) is 0 Å². The lowest BCUT2D eigenvalue weighted by molar-refractivity contribution is 0.0263. The second kappa shape index (κ2) is 4.11. The molecule has 7 heteroatoms. The third kappa shape index (κ3) is 3.07. The first kappa shape index (κ1) is 11.2. The van der Waals surface area contributed by atoms with E-state index in [0.717, 1.165) is 6.66 Å². The summed E-state index contributed by atoms with van der Waals surface area (Å²) in [5, 5.41) is 0. The predicted octanol–water partition coefficient (Wildman–Crippen LogP) is -0.273. The van der Waals surface area contributed by atoms with E-state index in [1.807, 2.05) is 0 Å². The van der Waals surface area contributed by atoms with Crippen molar-refractivity contribution in [3.8, 4) is 0 Å². The Labute approximate surface area is 78.3 Å². The first-order valence-electron chi connectivity index (χ1n) is 3.82. The van der Waals surface area contributed by atoms with Crippen LogP contribution in [-0.4, -0.2) is 51.3 Å². The fraction of sp³-hybridized carbons (Fsp3) is 1.00. The third-order valence-electron chi connectivity index (χ3n) is 1.76. The minimum Gasteiger partial charge on any atom is -0.382 e. The van der Waals surface area contributed by atoms with Crippen molar-refractivity contribution in [3.63, 3.8) is 0 Å². The van der Waals surface area contributed by atoms with Gasteiger partial charge in [0.15, 0.2) is 0 Å². The molecule has 0 aromatic carbocycles. The van der Waals surface area contributed by atoms with E-state index >= 15 is 0 Å². The molecule has 1 saturated heterocycles. The lowest BCUT2D eigenvalue weighted by Crippen LogP contribution is -2.33. The Balaban J connectivity index is 2.60. The smallest absolute Gasteiger partial charge is 0.325 e. The minimum absolute atomic E-state index is 0.280. The van der Waals surface area contributed by atoms with E-state index in [2.05, 4.69) is 0 Å². The molecule has 0 spiro atoms. The van der Waals surface area contributed by atoms with Crippen LogP contribution in [0.5, 0.6) is 0 Å². The molecule has 0 aromatic heterocycles. The molecule has 74 valence electrons. The van der Waals surface area contributed by atoms with Gasteiger partial charge in [-0.05, 0) is 0 Å². The first-order valence-corrected chi connectivity index (χ1v) is 5.85. The van der Waals surface area contributed by atoms with Gasteiger partial charge in [0.25, 0.3) is 0 Å². The van der Waals surface area contributed by atoms with E-state index in [1.165, 1.54) is 7.11 Å². The molecule has 2 unspecified atom stereocenters. The van der Waals surface area contributed by atoms with Crippen molar-refractivity contribution in [2.75, 3.05) is 20.4 Å². The van der Waals surface area contributed by atoms with Crippen LogP contribution in [0.3, 0.4) is 0 Å². The van der Waals surface area contributed by atoms with Crippen LogP contribution in [0.15, 0.2) is 0 Å². The molecule has 13 heavy (non-hydrogen) atoms. The van der Waals surface area contributed by atoms with Crippen molar-refractivity contribution in [1.29, 1.82) is 0 Å². The quantitative estimate of drug-likeness (QED) is 0.508. The van der Waals surface area contributed by atoms with E-state index in [0.29, 0.717) is 0 Å². The summed E-state index contributed by atoms with van der Waals surface area (Å²) >= 11 is 0. The summed E-state index contributed by atoms with van der Waals surface area (Å²) < 4.78 is 25.8. The number of rotatable bonds is 3.